The molecule has 0 spiro atoms. The molecular formula is C14H22N2O3. The molecule has 1 rings (SSSR count). The van der Waals surface area contributed by atoms with Crippen molar-refractivity contribution in [2.45, 2.75) is 19.4 Å². The zero-order valence-corrected chi connectivity index (χ0v) is 11.9. The van der Waals surface area contributed by atoms with Crippen molar-refractivity contribution in [1.29, 1.82) is 0 Å². The van der Waals surface area contributed by atoms with Crippen molar-refractivity contribution in [2.24, 2.45) is 0 Å². The van der Waals surface area contributed by atoms with Gasteiger partial charge in [0, 0.05) is 13.1 Å². The minimum absolute atomic E-state index is 0.0422. The van der Waals surface area contributed by atoms with Crippen molar-refractivity contribution in [1.82, 2.24) is 10.6 Å². The molecule has 1 aromatic rings. The van der Waals surface area contributed by atoms with Gasteiger partial charge in [0.05, 0.1) is 20.1 Å². The molecule has 0 aliphatic carbocycles. The van der Waals surface area contributed by atoms with Crippen LogP contribution < -0.4 is 20.1 Å². The van der Waals surface area contributed by atoms with Gasteiger partial charge in [-0.25, -0.2) is 0 Å². The summed E-state index contributed by atoms with van der Waals surface area (Å²) >= 11 is 0. The molecule has 0 heterocycles. The van der Waals surface area contributed by atoms with Crippen LogP contribution >= 0.6 is 0 Å². The fourth-order valence-electron chi connectivity index (χ4n) is 1.62. The number of hydrogen-bond donors (Lipinski definition) is 2. The topological polar surface area (TPSA) is 59.6 Å². The van der Waals surface area contributed by atoms with Crippen LogP contribution in [0, 0.1) is 0 Å². The van der Waals surface area contributed by atoms with E-state index < -0.39 is 0 Å². The lowest BCUT2D eigenvalue weighted by Crippen LogP contribution is -2.20. The molecule has 0 saturated heterocycles. The first-order chi connectivity index (χ1) is 9.12. The van der Waals surface area contributed by atoms with E-state index in [0.29, 0.717) is 24.5 Å². The fourth-order valence-corrected chi connectivity index (χ4v) is 1.62. The van der Waals surface area contributed by atoms with Crippen LogP contribution in [0.4, 0.5) is 0 Å². The highest BCUT2D eigenvalue weighted by Crippen LogP contribution is 2.30. The molecule has 0 bridgehead atoms. The Bertz CT molecular complexity index is 421. The third-order valence-electron chi connectivity index (χ3n) is 2.99. The number of amides is 1. The lowest BCUT2D eigenvalue weighted by atomic mass is 10.1. The molecule has 1 amide bonds. The van der Waals surface area contributed by atoms with E-state index >= 15 is 0 Å². The van der Waals surface area contributed by atoms with Gasteiger partial charge in [-0.3, -0.25) is 4.79 Å². The van der Waals surface area contributed by atoms with Gasteiger partial charge in [-0.2, -0.15) is 0 Å². The number of benzene rings is 1. The second-order valence-electron chi connectivity index (χ2n) is 4.19. The van der Waals surface area contributed by atoms with Crippen LogP contribution in [0.25, 0.3) is 0 Å². The molecule has 0 radical (unpaired) electrons. The monoisotopic (exact) mass is 266 g/mol. The molecule has 5 nitrogen and oxygen atoms in total. The summed E-state index contributed by atoms with van der Waals surface area (Å²) in [5.41, 5.74) is 1.12. The van der Waals surface area contributed by atoms with Gasteiger partial charge in [0.2, 0.25) is 5.91 Å². The first-order valence-electron chi connectivity index (χ1n) is 6.31. The van der Waals surface area contributed by atoms with E-state index in [-0.39, 0.29) is 11.9 Å². The molecule has 0 saturated carbocycles. The number of carbonyl (C=O) groups excluding carboxylic acids is 1. The zero-order valence-electron chi connectivity index (χ0n) is 11.9. The quantitative estimate of drug-likeness (QED) is 0.785. The van der Waals surface area contributed by atoms with Crippen molar-refractivity contribution in [3.05, 3.63) is 23.8 Å². The predicted molar refractivity (Wildman–Crippen MR) is 74.6 cm³/mol. The number of carbonyl (C=O) groups is 1. The summed E-state index contributed by atoms with van der Waals surface area (Å²) in [5.74, 6) is 1.29. The van der Waals surface area contributed by atoms with Crippen LogP contribution in [-0.2, 0) is 4.79 Å². The van der Waals surface area contributed by atoms with E-state index in [9.17, 15) is 4.79 Å². The van der Waals surface area contributed by atoms with Gasteiger partial charge in [0.25, 0.3) is 0 Å². The Morgan fingerprint density at radius 3 is 2.63 bits per heavy atom. The molecule has 0 fully saturated rings. The summed E-state index contributed by atoms with van der Waals surface area (Å²) < 4.78 is 10.9. The Hall–Kier alpha value is -1.75. The highest BCUT2D eigenvalue weighted by Gasteiger charge is 2.09. The molecule has 1 aromatic carbocycles. The molecule has 1 unspecified atom stereocenters. The van der Waals surface area contributed by atoms with Gasteiger partial charge < -0.3 is 20.1 Å². The maximum absolute atomic E-state index is 11.1. The molecule has 19 heavy (non-hydrogen) atoms. The van der Waals surface area contributed by atoms with Gasteiger partial charge in [-0.1, -0.05) is 6.07 Å². The number of ether oxygens (including phenoxy) is 2. The van der Waals surface area contributed by atoms with Gasteiger partial charge in [0.1, 0.15) is 0 Å². The van der Waals surface area contributed by atoms with Crippen molar-refractivity contribution in [3.8, 4) is 11.5 Å². The first kappa shape index (κ1) is 15.3. The van der Waals surface area contributed by atoms with E-state index in [1.807, 2.05) is 25.2 Å². The normalized spacial score (nSPS) is 11.8. The summed E-state index contributed by atoms with van der Waals surface area (Å²) in [6.45, 7) is 2.40. The second kappa shape index (κ2) is 7.63. The summed E-state index contributed by atoms with van der Waals surface area (Å²) in [6.07, 6.45) is 0.328. The standard InChI is InChI=1S/C14H22N2O3/c1-10(15-2)11-5-6-12(13(9-11)18-4)19-8-7-14(17)16-3/h5-6,9-10,15H,7-8H2,1-4H3,(H,16,17). The fraction of sp³-hybridized carbons (Fsp3) is 0.500. The highest BCUT2D eigenvalue weighted by molar-refractivity contribution is 5.75. The van der Waals surface area contributed by atoms with E-state index in [2.05, 4.69) is 17.6 Å². The Labute approximate surface area is 114 Å². The van der Waals surface area contributed by atoms with E-state index in [1.165, 1.54) is 0 Å². The van der Waals surface area contributed by atoms with Crippen LogP contribution in [0.3, 0.4) is 0 Å². The van der Waals surface area contributed by atoms with Crippen molar-refractivity contribution < 1.29 is 14.3 Å². The zero-order chi connectivity index (χ0) is 14.3. The van der Waals surface area contributed by atoms with Gasteiger partial charge in [0.15, 0.2) is 11.5 Å². The maximum Gasteiger partial charge on any atom is 0.223 e. The van der Waals surface area contributed by atoms with Crippen molar-refractivity contribution in [2.75, 3.05) is 27.8 Å². The average molecular weight is 266 g/mol. The summed E-state index contributed by atoms with van der Waals surface area (Å²) in [7, 11) is 5.12. The minimum atomic E-state index is -0.0422. The predicted octanol–water partition coefficient (Wildman–Crippen LogP) is 1.49. The molecule has 5 heteroatoms. The number of hydrogen-bond acceptors (Lipinski definition) is 4. The molecule has 106 valence electrons. The lowest BCUT2D eigenvalue weighted by molar-refractivity contribution is -0.121. The second-order valence-corrected chi connectivity index (χ2v) is 4.19. The Kier molecular flexibility index (Phi) is 6.15. The lowest BCUT2D eigenvalue weighted by Gasteiger charge is -2.15. The smallest absolute Gasteiger partial charge is 0.223 e. The summed E-state index contributed by atoms with van der Waals surface area (Å²) in [4.78, 5) is 11.1. The van der Waals surface area contributed by atoms with E-state index in [0.717, 1.165) is 5.56 Å². The molecule has 0 aliphatic heterocycles. The van der Waals surface area contributed by atoms with Crippen LogP contribution in [0.1, 0.15) is 24.9 Å². The third kappa shape index (κ3) is 4.44. The van der Waals surface area contributed by atoms with Crippen LogP contribution in [0.2, 0.25) is 0 Å². The minimum Gasteiger partial charge on any atom is -0.493 e. The maximum atomic E-state index is 11.1. The van der Waals surface area contributed by atoms with Crippen molar-refractivity contribution >= 4 is 5.91 Å². The van der Waals surface area contributed by atoms with Crippen LogP contribution in [0.15, 0.2) is 18.2 Å². The summed E-state index contributed by atoms with van der Waals surface area (Å²) in [6, 6.07) is 6.04. The van der Waals surface area contributed by atoms with Crippen LogP contribution in [-0.4, -0.2) is 33.7 Å². The molecule has 0 aromatic heterocycles. The third-order valence-corrected chi connectivity index (χ3v) is 2.99. The SMILES string of the molecule is CNC(=O)CCOc1ccc(C(C)NC)cc1OC. The first-order valence-corrected chi connectivity index (χ1v) is 6.31. The Morgan fingerprint density at radius 1 is 1.32 bits per heavy atom. The largest absolute Gasteiger partial charge is 0.493 e. The van der Waals surface area contributed by atoms with Gasteiger partial charge in [-0.05, 0) is 31.7 Å². The molecule has 1 atom stereocenters. The highest BCUT2D eigenvalue weighted by atomic mass is 16.5. The Morgan fingerprint density at radius 2 is 2.05 bits per heavy atom. The molecule has 2 N–H and O–H groups in total. The number of rotatable bonds is 7. The molecular weight excluding hydrogens is 244 g/mol. The summed E-state index contributed by atoms with van der Waals surface area (Å²) in [5, 5.41) is 5.72. The van der Waals surface area contributed by atoms with Gasteiger partial charge in [-0.15, -0.1) is 0 Å². The Balaban J connectivity index is 2.70. The van der Waals surface area contributed by atoms with Crippen molar-refractivity contribution in [3.63, 3.8) is 0 Å². The number of methoxy groups -OCH3 is 1. The number of nitrogens with one attached hydrogen (secondary N) is 2. The van der Waals surface area contributed by atoms with E-state index in [1.54, 1.807) is 14.2 Å². The van der Waals surface area contributed by atoms with Crippen LogP contribution in [0.5, 0.6) is 11.5 Å². The van der Waals surface area contributed by atoms with Gasteiger partial charge >= 0.3 is 0 Å². The molecule has 0 aliphatic rings. The average Bonchev–Trinajstić information content (AvgIpc) is 2.46. The van der Waals surface area contributed by atoms with E-state index in [4.69, 9.17) is 9.47 Å².